The SMILES string of the molecule is CC1(C)CC[C@H](O)[C@]23CO[C@@](O)([C@@H](O)C12)C12c4nc5cc([N+](=O)[O-])ccc5nc4[C@H](CCC13)[C@H]2O. The van der Waals surface area contributed by atoms with Gasteiger partial charge in [-0.1, -0.05) is 13.8 Å². The Kier molecular flexibility index (Phi) is 3.99. The van der Waals surface area contributed by atoms with Crippen LogP contribution in [-0.4, -0.2) is 66.0 Å². The normalized spacial score (nSPS) is 46.7. The van der Waals surface area contributed by atoms with Crippen LogP contribution in [0.1, 0.15) is 56.8 Å². The smallest absolute Gasteiger partial charge is 0.271 e. The highest BCUT2D eigenvalue weighted by atomic mass is 16.6. The van der Waals surface area contributed by atoms with Crippen LogP contribution in [0.2, 0.25) is 0 Å². The summed E-state index contributed by atoms with van der Waals surface area (Å²) in [6.07, 6.45) is -0.822. The second kappa shape index (κ2) is 6.36. The lowest BCUT2D eigenvalue weighted by Gasteiger charge is -2.75. The number of aliphatic hydroxyl groups is 4. The van der Waals surface area contributed by atoms with Crippen LogP contribution in [0, 0.1) is 32.8 Å². The Labute approximate surface area is 201 Å². The highest BCUT2D eigenvalue weighted by molar-refractivity contribution is 5.78. The van der Waals surface area contributed by atoms with Crippen LogP contribution in [0.25, 0.3) is 11.0 Å². The van der Waals surface area contributed by atoms with Crippen molar-refractivity contribution in [3.05, 3.63) is 39.7 Å². The number of hydrogen-bond donors (Lipinski definition) is 4. The van der Waals surface area contributed by atoms with E-state index in [1.165, 1.54) is 12.1 Å². The number of ether oxygens (including phenoxy) is 1. The van der Waals surface area contributed by atoms with Crippen molar-refractivity contribution in [1.29, 1.82) is 0 Å². The van der Waals surface area contributed by atoms with E-state index in [1.807, 2.05) is 0 Å². The maximum absolute atomic E-state index is 12.3. The lowest BCUT2D eigenvalue weighted by atomic mass is 9.35. The number of fused-ring (bicyclic) bond motifs is 5. The fourth-order valence-corrected chi connectivity index (χ4v) is 9.14. The summed E-state index contributed by atoms with van der Waals surface area (Å²) in [4.78, 5) is 20.5. The molecule has 10 nitrogen and oxygen atoms in total. The number of benzene rings is 1. The third-order valence-corrected chi connectivity index (χ3v) is 10.4. The van der Waals surface area contributed by atoms with Crippen molar-refractivity contribution >= 4 is 16.7 Å². The topological polar surface area (TPSA) is 159 Å². The van der Waals surface area contributed by atoms with Crippen LogP contribution >= 0.6 is 0 Å². The molecule has 8 rings (SSSR count). The fraction of sp³-hybridized carbons (Fsp3) is 0.680. The maximum atomic E-state index is 12.3. The molecule has 186 valence electrons. The number of hydrogen-bond acceptors (Lipinski definition) is 9. The number of nitro groups is 1. The number of aliphatic hydroxyl groups excluding tert-OH is 3. The Hall–Kier alpha value is -2.24. The van der Waals surface area contributed by atoms with Crippen molar-refractivity contribution in [1.82, 2.24) is 9.97 Å². The molecule has 2 aliphatic heterocycles. The third kappa shape index (κ3) is 2.17. The Balaban J connectivity index is 1.54. The van der Waals surface area contributed by atoms with E-state index in [2.05, 4.69) is 13.8 Å². The number of nitrogens with zero attached hydrogens (tertiary/aromatic N) is 3. The van der Waals surface area contributed by atoms with E-state index in [-0.39, 0.29) is 23.2 Å². The van der Waals surface area contributed by atoms with Gasteiger partial charge in [-0.05, 0) is 43.1 Å². The van der Waals surface area contributed by atoms with E-state index in [0.29, 0.717) is 42.6 Å². The second-order valence-electron chi connectivity index (χ2n) is 12.0. The van der Waals surface area contributed by atoms with Crippen molar-refractivity contribution < 1.29 is 30.1 Å². The number of rotatable bonds is 1. The standard InChI is InChI=1S/C25H29N3O7/c1-22(2)8-7-16(29)23-10-35-25(32,21(31)18(22)23)24-15(23)6-4-12(20(24)30)17-19(24)27-14-9-11(28(33)34)3-5-13(14)26-17/h3,5,9,12,15-16,18,20-21,29-32H,4,6-8,10H2,1-2H3/t12-,15?,16-,18?,20+,21-,23+,24?,25-/m0/s1. The molecule has 9 atom stereocenters. The molecule has 1 aromatic heterocycles. The molecule has 1 aromatic carbocycles. The van der Waals surface area contributed by atoms with Gasteiger partial charge in [0.15, 0.2) is 0 Å². The highest BCUT2D eigenvalue weighted by Crippen LogP contribution is 2.76. The van der Waals surface area contributed by atoms with E-state index >= 15 is 0 Å². The van der Waals surface area contributed by atoms with E-state index in [1.54, 1.807) is 6.07 Å². The lowest BCUT2D eigenvalue weighted by molar-refractivity contribution is -0.449. The van der Waals surface area contributed by atoms with Gasteiger partial charge in [0.05, 0.1) is 46.2 Å². The zero-order chi connectivity index (χ0) is 24.7. The second-order valence-corrected chi connectivity index (χ2v) is 12.0. The molecule has 2 spiro atoms. The van der Waals surface area contributed by atoms with E-state index in [4.69, 9.17) is 14.7 Å². The molecule has 35 heavy (non-hydrogen) atoms. The van der Waals surface area contributed by atoms with Crippen molar-refractivity contribution in [2.75, 3.05) is 6.61 Å². The predicted octanol–water partition coefficient (Wildman–Crippen LogP) is 1.52. The van der Waals surface area contributed by atoms with E-state index in [9.17, 15) is 30.5 Å². The fourth-order valence-electron chi connectivity index (χ4n) is 9.14. The van der Waals surface area contributed by atoms with Crippen molar-refractivity contribution in [3.8, 4) is 0 Å². The summed E-state index contributed by atoms with van der Waals surface area (Å²) in [6, 6.07) is 4.25. The first-order valence-electron chi connectivity index (χ1n) is 12.4. The summed E-state index contributed by atoms with van der Waals surface area (Å²) >= 11 is 0. The first-order valence-corrected chi connectivity index (χ1v) is 12.4. The number of non-ortho nitro benzene ring substituents is 1. The van der Waals surface area contributed by atoms with Crippen LogP contribution in [0.3, 0.4) is 0 Å². The van der Waals surface area contributed by atoms with Crippen molar-refractivity contribution in [3.63, 3.8) is 0 Å². The molecule has 4 aliphatic carbocycles. The Morgan fingerprint density at radius 1 is 1.09 bits per heavy atom. The first kappa shape index (κ1) is 22.0. The van der Waals surface area contributed by atoms with E-state index in [0.717, 1.165) is 0 Å². The van der Waals surface area contributed by atoms with Crippen LogP contribution < -0.4 is 0 Å². The zero-order valence-electron chi connectivity index (χ0n) is 19.6. The van der Waals surface area contributed by atoms with Gasteiger partial charge >= 0.3 is 0 Å². The summed E-state index contributed by atoms with van der Waals surface area (Å²) in [5, 5.41) is 58.8. The van der Waals surface area contributed by atoms with Crippen molar-refractivity contribution in [2.24, 2.45) is 22.7 Å². The van der Waals surface area contributed by atoms with Crippen LogP contribution in [0.5, 0.6) is 0 Å². The summed E-state index contributed by atoms with van der Waals surface area (Å²) < 4.78 is 6.10. The van der Waals surface area contributed by atoms with Crippen molar-refractivity contribution in [2.45, 2.75) is 75.0 Å². The maximum Gasteiger partial charge on any atom is 0.271 e. The highest BCUT2D eigenvalue weighted by Gasteiger charge is 2.85. The summed E-state index contributed by atoms with van der Waals surface area (Å²) in [5.74, 6) is -3.40. The third-order valence-electron chi connectivity index (χ3n) is 10.4. The Morgan fingerprint density at radius 2 is 1.86 bits per heavy atom. The molecule has 3 heterocycles. The summed E-state index contributed by atoms with van der Waals surface area (Å²) in [7, 11) is 0. The van der Waals surface area contributed by atoms with Gasteiger partial charge in [-0.25, -0.2) is 9.97 Å². The molecular formula is C25H29N3O7. The molecule has 6 aliphatic rings. The Bertz CT molecular complexity index is 1300. The monoisotopic (exact) mass is 483 g/mol. The molecule has 3 unspecified atom stereocenters. The van der Waals surface area contributed by atoms with Crippen LogP contribution in [-0.2, 0) is 10.2 Å². The molecule has 3 saturated carbocycles. The van der Waals surface area contributed by atoms with Crippen LogP contribution in [0.4, 0.5) is 5.69 Å². The van der Waals surface area contributed by atoms with E-state index < -0.39 is 57.6 Å². The summed E-state index contributed by atoms with van der Waals surface area (Å²) in [6.45, 7) is 4.20. The molecule has 2 saturated heterocycles. The van der Waals surface area contributed by atoms with Gasteiger partial charge in [0.1, 0.15) is 11.5 Å². The minimum absolute atomic E-state index is 0.0848. The molecule has 4 N–H and O–H groups in total. The average Bonchev–Trinajstić information content (AvgIpc) is 2.94. The van der Waals surface area contributed by atoms with Gasteiger partial charge < -0.3 is 25.2 Å². The van der Waals surface area contributed by atoms with Gasteiger partial charge in [-0.2, -0.15) is 0 Å². The van der Waals surface area contributed by atoms with Gasteiger partial charge in [-0.3, -0.25) is 10.1 Å². The average molecular weight is 484 g/mol. The minimum atomic E-state index is -2.13. The zero-order valence-corrected chi connectivity index (χ0v) is 19.6. The van der Waals surface area contributed by atoms with Gasteiger partial charge in [0.2, 0.25) is 5.79 Å². The van der Waals surface area contributed by atoms with Crippen LogP contribution in [0.15, 0.2) is 18.2 Å². The van der Waals surface area contributed by atoms with Gasteiger partial charge in [0.25, 0.3) is 5.69 Å². The molecule has 4 bridgehead atoms. The number of aromatic nitrogens is 2. The molecule has 0 amide bonds. The molecule has 10 heteroatoms. The molecule has 2 aromatic rings. The molecule has 0 radical (unpaired) electrons. The first-order chi connectivity index (χ1) is 16.5. The largest absolute Gasteiger partial charge is 0.392 e. The quantitative estimate of drug-likeness (QED) is 0.348. The number of nitro benzene ring substituents is 1. The van der Waals surface area contributed by atoms with Gasteiger partial charge in [0, 0.05) is 29.4 Å². The van der Waals surface area contributed by atoms with Gasteiger partial charge in [-0.15, -0.1) is 0 Å². The minimum Gasteiger partial charge on any atom is -0.392 e. The summed E-state index contributed by atoms with van der Waals surface area (Å²) in [5.41, 5.74) is -1.26. The predicted molar refractivity (Wildman–Crippen MR) is 121 cm³/mol. The Morgan fingerprint density at radius 3 is 2.60 bits per heavy atom. The molecular weight excluding hydrogens is 454 g/mol. The molecule has 5 fully saturated rings. The lowest BCUT2D eigenvalue weighted by Crippen LogP contribution is -2.86.